The number of carbonyl (C=O) groups excluding carboxylic acids is 1. The molecule has 1 saturated heterocycles. The van der Waals surface area contributed by atoms with Crippen molar-refractivity contribution >= 4 is 5.91 Å². The Hall–Kier alpha value is -2.34. The third-order valence-corrected chi connectivity index (χ3v) is 3.51. The third-order valence-electron chi connectivity index (χ3n) is 3.51. The Kier molecular flexibility index (Phi) is 4.62. The van der Waals surface area contributed by atoms with Crippen LogP contribution in [0.1, 0.15) is 36.2 Å². The summed E-state index contributed by atoms with van der Waals surface area (Å²) in [5.74, 6) is 1.06. The zero-order valence-electron chi connectivity index (χ0n) is 13.3. The maximum Gasteiger partial charge on any atom is 0.272 e. The van der Waals surface area contributed by atoms with Crippen molar-refractivity contribution in [1.29, 1.82) is 0 Å². The second kappa shape index (κ2) is 6.83. The van der Waals surface area contributed by atoms with Gasteiger partial charge in [-0.2, -0.15) is 0 Å². The van der Waals surface area contributed by atoms with Gasteiger partial charge in [-0.1, -0.05) is 6.07 Å². The highest BCUT2D eigenvalue weighted by molar-refractivity contribution is 5.92. The predicted molar refractivity (Wildman–Crippen MR) is 83.3 cm³/mol. The van der Waals surface area contributed by atoms with E-state index in [1.165, 1.54) is 0 Å². The lowest BCUT2D eigenvalue weighted by Crippen LogP contribution is -2.42. The normalized spacial score (nSPS) is 18.2. The Bertz CT molecular complexity index is 654. The van der Waals surface area contributed by atoms with Gasteiger partial charge in [0.25, 0.3) is 5.91 Å². The first-order valence-electron chi connectivity index (χ1n) is 7.71. The molecule has 1 amide bonds. The van der Waals surface area contributed by atoms with Gasteiger partial charge in [-0.05, 0) is 32.0 Å². The summed E-state index contributed by atoms with van der Waals surface area (Å²) in [6.07, 6.45) is 1.38. The predicted octanol–water partition coefficient (Wildman–Crippen LogP) is 2.68. The van der Waals surface area contributed by atoms with Gasteiger partial charge in [0.05, 0.1) is 25.5 Å². The highest BCUT2D eigenvalue weighted by atomic mass is 16.5. The van der Waals surface area contributed by atoms with Crippen molar-refractivity contribution in [2.45, 2.75) is 26.1 Å². The van der Waals surface area contributed by atoms with Crippen LogP contribution in [0.4, 0.5) is 0 Å². The molecule has 1 fully saturated rings. The monoisotopic (exact) mass is 316 g/mol. The zero-order valence-corrected chi connectivity index (χ0v) is 13.3. The van der Waals surface area contributed by atoms with E-state index in [2.05, 4.69) is 4.98 Å². The first kappa shape index (κ1) is 15.6. The maximum atomic E-state index is 12.7. The smallest absolute Gasteiger partial charge is 0.272 e. The fraction of sp³-hybridized carbons (Fsp3) is 0.412. The summed E-state index contributed by atoms with van der Waals surface area (Å²) in [7, 11) is 0. The third kappa shape index (κ3) is 3.71. The largest absolute Gasteiger partial charge is 0.475 e. The summed E-state index contributed by atoms with van der Waals surface area (Å²) in [6, 6.07) is 8.90. The minimum Gasteiger partial charge on any atom is -0.475 e. The molecule has 1 unspecified atom stereocenters. The summed E-state index contributed by atoms with van der Waals surface area (Å²) in [6.45, 7) is 5.30. The van der Waals surface area contributed by atoms with Gasteiger partial charge in [-0.25, -0.2) is 4.98 Å². The number of amides is 1. The van der Waals surface area contributed by atoms with Gasteiger partial charge in [-0.3, -0.25) is 4.79 Å². The van der Waals surface area contributed by atoms with Crippen LogP contribution in [0.3, 0.4) is 0 Å². The van der Waals surface area contributed by atoms with E-state index in [9.17, 15) is 4.79 Å². The standard InChI is InChI=1S/C17H20N2O4/c1-12(2)23-16-7-3-5-13(18-16)17(20)19-8-10-22-15(11-19)14-6-4-9-21-14/h3-7,9,12,15H,8,10-11H2,1-2H3. The number of hydrogen-bond acceptors (Lipinski definition) is 5. The molecule has 0 bridgehead atoms. The first-order chi connectivity index (χ1) is 11.1. The van der Waals surface area contributed by atoms with Gasteiger partial charge in [0.15, 0.2) is 0 Å². The van der Waals surface area contributed by atoms with Crippen LogP contribution in [-0.2, 0) is 4.74 Å². The maximum absolute atomic E-state index is 12.7. The molecule has 2 aromatic rings. The average Bonchev–Trinajstić information content (AvgIpc) is 3.08. The van der Waals surface area contributed by atoms with E-state index in [0.29, 0.717) is 31.3 Å². The minimum absolute atomic E-state index is 0.0135. The second-order valence-corrected chi connectivity index (χ2v) is 5.65. The van der Waals surface area contributed by atoms with E-state index in [0.717, 1.165) is 5.76 Å². The molecule has 0 radical (unpaired) electrons. The lowest BCUT2D eigenvalue weighted by molar-refractivity contribution is -0.0323. The van der Waals surface area contributed by atoms with Gasteiger partial charge in [-0.15, -0.1) is 0 Å². The van der Waals surface area contributed by atoms with Gasteiger partial charge in [0.1, 0.15) is 17.6 Å². The van der Waals surface area contributed by atoms with Crippen LogP contribution in [0.25, 0.3) is 0 Å². The molecule has 2 aromatic heterocycles. The van der Waals surface area contributed by atoms with Crippen molar-refractivity contribution in [3.05, 3.63) is 48.0 Å². The second-order valence-electron chi connectivity index (χ2n) is 5.65. The number of furan rings is 1. The van der Waals surface area contributed by atoms with E-state index >= 15 is 0 Å². The molecule has 6 nitrogen and oxygen atoms in total. The van der Waals surface area contributed by atoms with Crippen molar-refractivity contribution in [2.75, 3.05) is 19.7 Å². The van der Waals surface area contributed by atoms with E-state index in [1.807, 2.05) is 26.0 Å². The van der Waals surface area contributed by atoms with Crippen LogP contribution in [-0.4, -0.2) is 41.6 Å². The number of morpholine rings is 1. The van der Waals surface area contributed by atoms with Crippen LogP contribution in [0.5, 0.6) is 5.88 Å². The lowest BCUT2D eigenvalue weighted by Gasteiger charge is -2.31. The number of pyridine rings is 1. The number of aromatic nitrogens is 1. The quantitative estimate of drug-likeness (QED) is 0.867. The molecular weight excluding hydrogens is 296 g/mol. The molecule has 1 aliphatic rings. The molecule has 3 heterocycles. The van der Waals surface area contributed by atoms with Crippen molar-refractivity contribution < 1.29 is 18.7 Å². The molecule has 3 rings (SSSR count). The van der Waals surface area contributed by atoms with E-state index < -0.39 is 0 Å². The molecule has 1 atom stereocenters. The van der Waals surface area contributed by atoms with Crippen molar-refractivity contribution in [1.82, 2.24) is 9.88 Å². The average molecular weight is 316 g/mol. The zero-order chi connectivity index (χ0) is 16.2. The number of carbonyl (C=O) groups is 1. The molecule has 0 N–H and O–H groups in total. The minimum atomic E-state index is -0.238. The van der Waals surface area contributed by atoms with Crippen LogP contribution >= 0.6 is 0 Å². The van der Waals surface area contributed by atoms with E-state index in [1.54, 1.807) is 29.4 Å². The van der Waals surface area contributed by atoms with Crippen LogP contribution in [0, 0.1) is 0 Å². The van der Waals surface area contributed by atoms with Crippen LogP contribution in [0.15, 0.2) is 41.0 Å². The number of rotatable bonds is 4. The fourth-order valence-corrected chi connectivity index (χ4v) is 2.48. The summed E-state index contributed by atoms with van der Waals surface area (Å²) in [4.78, 5) is 18.7. The summed E-state index contributed by atoms with van der Waals surface area (Å²) < 4.78 is 16.6. The Labute approximate surface area is 135 Å². The van der Waals surface area contributed by atoms with Gasteiger partial charge >= 0.3 is 0 Å². The van der Waals surface area contributed by atoms with E-state index in [4.69, 9.17) is 13.9 Å². The summed E-state index contributed by atoms with van der Waals surface area (Å²) in [5.41, 5.74) is 0.378. The van der Waals surface area contributed by atoms with Crippen LogP contribution < -0.4 is 4.74 Å². The lowest BCUT2D eigenvalue weighted by atomic mass is 10.2. The van der Waals surface area contributed by atoms with Gasteiger partial charge in [0, 0.05) is 12.6 Å². The number of hydrogen-bond donors (Lipinski definition) is 0. The molecule has 122 valence electrons. The molecule has 0 aliphatic carbocycles. The number of nitrogens with zero attached hydrogens (tertiary/aromatic N) is 2. The van der Waals surface area contributed by atoms with Crippen LogP contribution in [0.2, 0.25) is 0 Å². The van der Waals surface area contributed by atoms with Gasteiger partial charge < -0.3 is 18.8 Å². The molecule has 0 saturated carbocycles. The first-order valence-corrected chi connectivity index (χ1v) is 7.71. The molecule has 0 spiro atoms. The number of ether oxygens (including phenoxy) is 2. The molecule has 6 heteroatoms. The Morgan fingerprint density at radius 2 is 2.22 bits per heavy atom. The Morgan fingerprint density at radius 3 is 2.96 bits per heavy atom. The summed E-state index contributed by atoms with van der Waals surface area (Å²) in [5, 5.41) is 0. The molecule has 23 heavy (non-hydrogen) atoms. The molecule has 0 aromatic carbocycles. The fourth-order valence-electron chi connectivity index (χ4n) is 2.48. The molecule has 1 aliphatic heterocycles. The van der Waals surface area contributed by atoms with E-state index in [-0.39, 0.29) is 18.1 Å². The highest BCUT2D eigenvalue weighted by Gasteiger charge is 2.28. The highest BCUT2D eigenvalue weighted by Crippen LogP contribution is 2.23. The SMILES string of the molecule is CC(C)Oc1cccc(C(=O)N2CCOC(c3ccco3)C2)n1. The Balaban J connectivity index is 1.72. The Morgan fingerprint density at radius 1 is 1.35 bits per heavy atom. The van der Waals surface area contributed by atoms with Crippen molar-refractivity contribution in [3.8, 4) is 5.88 Å². The van der Waals surface area contributed by atoms with Crippen molar-refractivity contribution in [2.24, 2.45) is 0 Å². The van der Waals surface area contributed by atoms with Gasteiger partial charge in [0.2, 0.25) is 5.88 Å². The van der Waals surface area contributed by atoms with Crippen molar-refractivity contribution in [3.63, 3.8) is 0 Å². The topological polar surface area (TPSA) is 64.8 Å². The molecular formula is C17H20N2O4. The summed E-state index contributed by atoms with van der Waals surface area (Å²) >= 11 is 0.